The lowest BCUT2D eigenvalue weighted by molar-refractivity contribution is -0.0158. The van der Waals surface area contributed by atoms with Gasteiger partial charge in [0.25, 0.3) is 5.91 Å². The van der Waals surface area contributed by atoms with E-state index in [9.17, 15) is 14.7 Å². The lowest BCUT2D eigenvalue weighted by Gasteiger charge is -2.39. The highest BCUT2D eigenvalue weighted by molar-refractivity contribution is 5.95. The average molecular weight is 237 g/mol. The van der Waals surface area contributed by atoms with E-state index >= 15 is 0 Å². The number of nitrogens with zero attached hydrogens (tertiary/aromatic N) is 3. The van der Waals surface area contributed by atoms with Crippen molar-refractivity contribution in [3.05, 3.63) is 22.1 Å². The van der Waals surface area contributed by atoms with E-state index in [1.54, 1.807) is 4.90 Å². The molecule has 0 bridgehead atoms. The molecule has 0 unspecified atom stereocenters. The molecule has 2 aliphatic rings. The second kappa shape index (κ2) is 3.56. The Morgan fingerprint density at radius 3 is 3.12 bits per heavy atom. The lowest BCUT2D eigenvalue weighted by atomic mass is 10.1. The maximum Gasteiger partial charge on any atom is 0.276 e. The zero-order valence-electron chi connectivity index (χ0n) is 9.00. The molecular formula is C10H11N3O4. The zero-order chi connectivity index (χ0) is 12.0. The molecule has 7 nitrogen and oxygen atoms in total. The first-order chi connectivity index (χ1) is 8.18. The van der Waals surface area contributed by atoms with Crippen molar-refractivity contribution in [3.8, 4) is 5.75 Å². The van der Waals surface area contributed by atoms with Gasteiger partial charge in [0.05, 0.1) is 32.0 Å². The Bertz CT molecular complexity index is 539. The summed E-state index contributed by atoms with van der Waals surface area (Å²) in [6, 6.07) is -0.0712. The molecule has 0 saturated carbocycles. The van der Waals surface area contributed by atoms with Crippen LogP contribution in [0.3, 0.4) is 0 Å². The van der Waals surface area contributed by atoms with E-state index in [0.717, 1.165) is 6.20 Å². The topological polar surface area (TPSA) is 84.7 Å². The summed E-state index contributed by atoms with van der Waals surface area (Å²) in [7, 11) is 0. The molecule has 1 aromatic rings. The molecule has 0 spiro atoms. The van der Waals surface area contributed by atoms with Crippen molar-refractivity contribution < 1.29 is 14.6 Å². The Kier molecular flexibility index (Phi) is 2.15. The summed E-state index contributed by atoms with van der Waals surface area (Å²) in [6.45, 7) is 1.86. The number of hydrogen-bond acceptors (Lipinski definition) is 5. The number of hydrogen-bond donors (Lipinski definition) is 1. The van der Waals surface area contributed by atoms with Crippen LogP contribution in [0.4, 0.5) is 0 Å². The maximum absolute atomic E-state index is 12.1. The summed E-state index contributed by atoms with van der Waals surface area (Å²) in [5.74, 6) is -0.873. The highest BCUT2D eigenvalue weighted by Crippen LogP contribution is 2.22. The van der Waals surface area contributed by atoms with Gasteiger partial charge >= 0.3 is 0 Å². The first-order valence-electron chi connectivity index (χ1n) is 5.36. The minimum Gasteiger partial charge on any atom is -0.502 e. The third-order valence-corrected chi connectivity index (χ3v) is 3.10. The molecule has 0 aromatic carbocycles. The monoisotopic (exact) mass is 237 g/mol. The Labute approximate surface area is 96.2 Å². The van der Waals surface area contributed by atoms with Gasteiger partial charge in [0.2, 0.25) is 5.43 Å². The van der Waals surface area contributed by atoms with Crippen LogP contribution in [0.25, 0.3) is 0 Å². The van der Waals surface area contributed by atoms with Crippen molar-refractivity contribution in [1.29, 1.82) is 0 Å². The predicted octanol–water partition coefficient (Wildman–Crippen LogP) is -1.20. The molecule has 0 radical (unpaired) electrons. The number of aromatic hydroxyl groups is 1. The number of amides is 1. The Hall–Kier alpha value is -1.89. The highest BCUT2D eigenvalue weighted by atomic mass is 16.5. The van der Waals surface area contributed by atoms with Crippen LogP contribution in [-0.2, 0) is 11.3 Å². The number of aromatic nitrogens is 2. The fraction of sp³-hybridized carbons (Fsp3) is 0.500. The normalized spacial score (nSPS) is 23.2. The van der Waals surface area contributed by atoms with Gasteiger partial charge in [0, 0.05) is 6.54 Å². The molecule has 3 rings (SSSR count). The van der Waals surface area contributed by atoms with Gasteiger partial charge in [-0.15, -0.1) is 0 Å². The van der Waals surface area contributed by atoms with Gasteiger partial charge < -0.3 is 14.7 Å². The van der Waals surface area contributed by atoms with E-state index in [-0.39, 0.29) is 17.6 Å². The summed E-state index contributed by atoms with van der Waals surface area (Å²) < 4.78 is 6.67. The van der Waals surface area contributed by atoms with E-state index in [2.05, 4.69) is 5.10 Å². The second-order valence-corrected chi connectivity index (χ2v) is 4.12. The number of carbonyl (C=O) groups excluding carboxylic acids is 1. The van der Waals surface area contributed by atoms with Gasteiger partial charge in [0.1, 0.15) is 0 Å². The van der Waals surface area contributed by atoms with E-state index in [4.69, 9.17) is 4.74 Å². The largest absolute Gasteiger partial charge is 0.502 e. The van der Waals surface area contributed by atoms with Crippen LogP contribution in [-0.4, -0.2) is 51.5 Å². The third-order valence-electron chi connectivity index (χ3n) is 3.10. The van der Waals surface area contributed by atoms with Gasteiger partial charge in [-0.25, -0.2) is 0 Å². The summed E-state index contributed by atoms with van der Waals surface area (Å²) in [4.78, 5) is 25.0. The molecule has 17 heavy (non-hydrogen) atoms. The van der Waals surface area contributed by atoms with Crippen LogP contribution in [0.2, 0.25) is 0 Å². The summed E-state index contributed by atoms with van der Waals surface area (Å²) in [5.41, 5.74) is -0.646. The van der Waals surface area contributed by atoms with Crippen LogP contribution >= 0.6 is 0 Å². The van der Waals surface area contributed by atoms with Crippen LogP contribution in [0.15, 0.2) is 11.0 Å². The van der Waals surface area contributed by atoms with E-state index in [1.165, 1.54) is 4.68 Å². The van der Waals surface area contributed by atoms with Crippen LogP contribution in [0.1, 0.15) is 10.5 Å². The fourth-order valence-electron chi connectivity index (χ4n) is 2.24. The van der Waals surface area contributed by atoms with E-state index in [0.29, 0.717) is 26.3 Å². The van der Waals surface area contributed by atoms with Crippen molar-refractivity contribution in [1.82, 2.24) is 14.7 Å². The average Bonchev–Trinajstić information content (AvgIpc) is 2.34. The Balaban J connectivity index is 2.13. The standard InChI is InChI=1S/C10H11N3O4/c14-7-3-11-13-4-6-5-17-2-1-12(6)10(16)8(13)9(7)15/h3,6,15H,1-2,4-5H2/t6-/m0/s1. The predicted molar refractivity (Wildman–Crippen MR) is 55.8 cm³/mol. The van der Waals surface area contributed by atoms with Crippen molar-refractivity contribution in [2.45, 2.75) is 12.6 Å². The van der Waals surface area contributed by atoms with Gasteiger partial charge in [0.15, 0.2) is 11.4 Å². The van der Waals surface area contributed by atoms with Crippen molar-refractivity contribution in [3.63, 3.8) is 0 Å². The molecule has 1 saturated heterocycles. The fourth-order valence-corrected chi connectivity index (χ4v) is 2.24. The lowest BCUT2D eigenvalue weighted by Crippen LogP contribution is -2.55. The first-order valence-corrected chi connectivity index (χ1v) is 5.36. The maximum atomic E-state index is 12.1. The molecule has 1 atom stereocenters. The van der Waals surface area contributed by atoms with Crippen LogP contribution in [0.5, 0.6) is 5.75 Å². The zero-order valence-corrected chi connectivity index (χ0v) is 9.00. The minimum atomic E-state index is -0.628. The molecule has 1 amide bonds. The van der Waals surface area contributed by atoms with Crippen molar-refractivity contribution in [2.75, 3.05) is 19.8 Å². The number of morpholine rings is 1. The SMILES string of the molecule is O=C1c2c(O)c(=O)cnn2C[C@H]2COCCN12. The van der Waals surface area contributed by atoms with Crippen LogP contribution < -0.4 is 5.43 Å². The van der Waals surface area contributed by atoms with Gasteiger partial charge in [-0.1, -0.05) is 0 Å². The van der Waals surface area contributed by atoms with Crippen molar-refractivity contribution >= 4 is 5.91 Å². The molecule has 7 heteroatoms. The Morgan fingerprint density at radius 2 is 2.29 bits per heavy atom. The number of carbonyl (C=O) groups is 1. The highest BCUT2D eigenvalue weighted by Gasteiger charge is 2.37. The molecule has 1 N–H and O–H groups in total. The van der Waals surface area contributed by atoms with Gasteiger partial charge in [-0.3, -0.25) is 14.3 Å². The first kappa shape index (κ1) is 10.3. The summed E-state index contributed by atoms with van der Waals surface area (Å²) in [6.07, 6.45) is 1.02. The second-order valence-electron chi connectivity index (χ2n) is 4.12. The summed E-state index contributed by atoms with van der Waals surface area (Å²) in [5, 5.41) is 13.5. The number of ether oxygens (including phenoxy) is 1. The van der Waals surface area contributed by atoms with Gasteiger partial charge in [-0.05, 0) is 0 Å². The summed E-state index contributed by atoms with van der Waals surface area (Å²) >= 11 is 0. The van der Waals surface area contributed by atoms with E-state index < -0.39 is 11.2 Å². The molecule has 0 aliphatic carbocycles. The minimum absolute atomic E-state index is 0.0179. The molecule has 1 fully saturated rings. The molecule has 90 valence electrons. The molecular weight excluding hydrogens is 226 g/mol. The van der Waals surface area contributed by atoms with Gasteiger partial charge in [-0.2, -0.15) is 5.10 Å². The quantitative estimate of drug-likeness (QED) is 0.613. The third kappa shape index (κ3) is 1.42. The van der Waals surface area contributed by atoms with Crippen LogP contribution in [0, 0.1) is 0 Å². The van der Waals surface area contributed by atoms with E-state index in [1.807, 2.05) is 0 Å². The molecule has 1 aromatic heterocycles. The number of rotatable bonds is 0. The molecule has 3 heterocycles. The van der Waals surface area contributed by atoms with Crippen molar-refractivity contribution in [2.24, 2.45) is 0 Å². The Morgan fingerprint density at radius 1 is 1.47 bits per heavy atom. The number of fused-ring (bicyclic) bond motifs is 2. The smallest absolute Gasteiger partial charge is 0.276 e. The molecule has 2 aliphatic heterocycles.